The number of methoxy groups -OCH3 is 1. The summed E-state index contributed by atoms with van der Waals surface area (Å²) in [6.07, 6.45) is 0.808. The molecule has 0 aliphatic rings. The van der Waals surface area contributed by atoms with E-state index >= 15 is 0 Å². The number of ether oxygens (including phenoxy) is 1. The van der Waals surface area contributed by atoms with Gasteiger partial charge in [-0.1, -0.05) is 12.1 Å². The first-order valence-electron chi connectivity index (χ1n) is 6.56. The molecule has 0 saturated carbocycles. The first-order valence-corrected chi connectivity index (χ1v) is 8.37. The number of rotatable bonds is 5. The molecule has 0 spiro atoms. The fourth-order valence-electron chi connectivity index (χ4n) is 1.69. The Bertz CT molecular complexity index is 872. The van der Waals surface area contributed by atoms with Crippen LogP contribution in [0.5, 0.6) is 5.75 Å². The Hall–Kier alpha value is -2.85. The maximum atomic E-state index is 11.9. The van der Waals surface area contributed by atoms with Gasteiger partial charge in [0.15, 0.2) is 5.76 Å². The first-order chi connectivity index (χ1) is 11.3. The molecule has 1 aromatic carbocycles. The summed E-state index contributed by atoms with van der Waals surface area (Å²) >= 11 is 0. The molecule has 2 rings (SSSR count). The SMILES string of the molecule is COc1cccc(-c2ccc(C(=O)N=C(N)NOS(C)(=O)=O)o2)c1. The number of guanidine groups is 1. The normalized spacial score (nSPS) is 12.0. The van der Waals surface area contributed by atoms with E-state index in [4.69, 9.17) is 14.9 Å². The molecule has 9 nitrogen and oxygen atoms in total. The molecule has 0 unspecified atom stereocenters. The number of hydrogen-bond acceptors (Lipinski definition) is 6. The Morgan fingerprint density at radius 3 is 2.71 bits per heavy atom. The van der Waals surface area contributed by atoms with Gasteiger partial charge in [-0.3, -0.25) is 4.79 Å². The average Bonchev–Trinajstić information content (AvgIpc) is 3.02. The topological polar surface area (TPSA) is 133 Å². The summed E-state index contributed by atoms with van der Waals surface area (Å²) in [6.45, 7) is 0. The zero-order valence-corrected chi connectivity index (χ0v) is 13.7. The van der Waals surface area contributed by atoms with Crippen LogP contribution in [0.3, 0.4) is 0 Å². The van der Waals surface area contributed by atoms with Crippen LogP contribution in [0.2, 0.25) is 0 Å². The van der Waals surface area contributed by atoms with E-state index in [1.807, 2.05) is 5.48 Å². The predicted molar refractivity (Wildman–Crippen MR) is 85.7 cm³/mol. The number of benzene rings is 1. The van der Waals surface area contributed by atoms with E-state index in [-0.39, 0.29) is 5.76 Å². The lowest BCUT2D eigenvalue weighted by Gasteiger charge is -2.02. The Balaban J connectivity index is 2.13. The van der Waals surface area contributed by atoms with E-state index in [9.17, 15) is 13.2 Å². The molecule has 0 atom stereocenters. The molecule has 0 radical (unpaired) electrons. The van der Waals surface area contributed by atoms with Crippen LogP contribution in [0.25, 0.3) is 11.3 Å². The Kier molecular flexibility index (Phi) is 5.21. The standard InChI is InChI=1S/C14H15N3O6S/c1-21-10-5-3-4-9(8-10)11-6-7-12(22-11)13(18)16-14(15)17-23-24(2,19)20/h3-8H,1-2H3,(H3,15,16,17,18). The van der Waals surface area contributed by atoms with Crippen molar-refractivity contribution >= 4 is 22.0 Å². The minimum absolute atomic E-state index is 0.0723. The second kappa shape index (κ2) is 7.15. The number of nitrogens with one attached hydrogen (secondary N) is 1. The highest BCUT2D eigenvalue weighted by Gasteiger charge is 2.13. The van der Waals surface area contributed by atoms with Crippen molar-refractivity contribution in [2.45, 2.75) is 0 Å². The summed E-state index contributed by atoms with van der Waals surface area (Å²) in [7, 11) is -2.24. The zero-order chi connectivity index (χ0) is 17.7. The van der Waals surface area contributed by atoms with Gasteiger partial charge in [-0.05, 0) is 24.3 Å². The smallest absolute Gasteiger partial charge is 0.315 e. The predicted octanol–water partition coefficient (Wildman–Crippen LogP) is 0.891. The second-order valence-electron chi connectivity index (χ2n) is 4.59. The minimum Gasteiger partial charge on any atom is -0.497 e. The third kappa shape index (κ3) is 4.83. The van der Waals surface area contributed by atoms with Crippen molar-refractivity contribution in [3.05, 3.63) is 42.2 Å². The summed E-state index contributed by atoms with van der Waals surface area (Å²) in [4.78, 5) is 15.3. The number of hydrogen-bond donors (Lipinski definition) is 2. The van der Waals surface area contributed by atoms with Gasteiger partial charge in [0.25, 0.3) is 10.1 Å². The van der Waals surface area contributed by atoms with Crippen LogP contribution in [0.1, 0.15) is 10.6 Å². The van der Waals surface area contributed by atoms with Gasteiger partial charge in [0.05, 0.1) is 13.4 Å². The highest BCUT2D eigenvalue weighted by molar-refractivity contribution is 7.85. The number of carbonyl (C=O) groups is 1. The van der Waals surface area contributed by atoms with Gasteiger partial charge < -0.3 is 14.9 Å². The maximum absolute atomic E-state index is 11.9. The molecule has 2 aromatic rings. The summed E-state index contributed by atoms with van der Waals surface area (Å²) in [6, 6.07) is 10.1. The van der Waals surface area contributed by atoms with Gasteiger partial charge in [0, 0.05) is 5.56 Å². The first kappa shape index (κ1) is 17.5. The van der Waals surface area contributed by atoms with Gasteiger partial charge >= 0.3 is 5.91 Å². The van der Waals surface area contributed by atoms with Crippen molar-refractivity contribution in [1.29, 1.82) is 0 Å². The molecular formula is C14H15N3O6S. The van der Waals surface area contributed by atoms with Gasteiger partial charge in [-0.2, -0.15) is 13.4 Å². The van der Waals surface area contributed by atoms with Crippen molar-refractivity contribution in [1.82, 2.24) is 5.48 Å². The number of nitrogens with two attached hydrogens (primary N) is 1. The third-order valence-corrected chi connectivity index (χ3v) is 3.08. The van der Waals surface area contributed by atoms with Crippen LogP contribution in [0.4, 0.5) is 0 Å². The molecule has 0 saturated heterocycles. The van der Waals surface area contributed by atoms with Crippen LogP contribution >= 0.6 is 0 Å². The number of carbonyl (C=O) groups excluding carboxylic acids is 1. The number of amides is 1. The average molecular weight is 353 g/mol. The molecule has 128 valence electrons. The van der Waals surface area contributed by atoms with E-state index in [2.05, 4.69) is 9.28 Å². The lowest BCUT2D eigenvalue weighted by atomic mass is 10.2. The molecular weight excluding hydrogens is 338 g/mol. The van der Waals surface area contributed by atoms with E-state index in [0.717, 1.165) is 6.26 Å². The zero-order valence-electron chi connectivity index (χ0n) is 12.8. The van der Waals surface area contributed by atoms with E-state index in [0.29, 0.717) is 17.1 Å². The van der Waals surface area contributed by atoms with Crippen LogP contribution in [0, 0.1) is 0 Å². The molecule has 0 bridgehead atoms. The number of hydroxylamine groups is 1. The van der Waals surface area contributed by atoms with Crippen molar-refractivity contribution in [3.63, 3.8) is 0 Å². The molecule has 3 N–H and O–H groups in total. The van der Waals surface area contributed by atoms with Crippen LogP contribution in [-0.2, 0) is 14.4 Å². The number of aliphatic imine (C=N–C) groups is 1. The van der Waals surface area contributed by atoms with Crippen molar-refractivity contribution in [2.75, 3.05) is 13.4 Å². The third-order valence-electron chi connectivity index (χ3n) is 2.69. The fraction of sp³-hybridized carbons (Fsp3) is 0.143. The maximum Gasteiger partial charge on any atom is 0.315 e. The monoisotopic (exact) mass is 353 g/mol. The summed E-state index contributed by atoms with van der Waals surface area (Å²) in [5.41, 5.74) is 7.89. The summed E-state index contributed by atoms with van der Waals surface area (Å²) in [5, 5.41) is 0. The van der Waals surface area contributed by atoms with E-state index < -0.39 is 22.0 Å². The Morgan fingerprint density at radius 1 is 1.29 bits per heavy atom. The molecule has 0 fully saturated rings. The Morgan fingerprint density at radius 2 is 2.04 bits per heavy atom. The molecule has 1 heterocycles. The molecule has 1 amide bonds. The largest absolute Gasteiger partial charge is 0.497 e. The van der Waals surface area contributed by atoms with Crippen molar-refractivity contribution in [2.24, 2.45) is 10.7 Å². The molecule has 24 heavy (non-hydrogen) atoms. The lowest BCUT2D eigenvalue weighted by molar-refractivity contribution is 0.0975. The summed E-state index contributed by atoms with van der Waals surface area (Å²) < 4.78 is 36.3. The quantitative estimate of drug-likeness (QED) is 0.460. The molecule has 1 aromatic heterocycles. The van der Waals surface area contributed by atoms with Gasteiger partial charge in [-0.25, -0.2) is 5.48 Å². The van der Waals surface area contributed by atoms with Crippen LogP contribution in [0.15, 0.2) is 45.8 Å². The van der Waals surface area contributed by atoms with Crippen molar-refractivity contribution < 1.29 is 26.7 Å². The van der Waals surface area contributed by atoms with E-state index in [1.165, 1.54) is 6.07 Å². The summed E-state index contributed by atoms with van der Waals surface area (Å²) in [5.74, 6) is -0.319. The van der Waals surface area contributed by atoms with Gasteiger partial charge in [0.2, 0.25) is 5.96 Å². The van der Waals surface area contributed by atoms with Crippen LogP contribution < -0.4 is 16.0 Å². The van der Waals surface area contributed by atoms with Gasteiger partial charge in [-0.15, -0.1) is 4.28 Å². The fourth-order valence-corrected chi connectivity index (χ4v) is 1.93. The van der Waals surface area contributed by atoms with E-state index in [1.54, 1.807) is 37.4 Å². The molecule has 0 aliphatic heterocycles. The number of furan rings is 1. The van der Waals surface area contributed by atoms with Gasteiger partial charge in [0.1, 0.15) is 11.5 Å². The van der Waals surface area contributed by atoms with Crippen molar-refractivity contribution in [3.8, 4) is 17.1 Å². The molecule has 10 heteroatoms. The lowest BCUT2D eigenvalue weighted by Crippen LogP contribution is -2.34. The van der Waals surface area contributed by atoms with Crippen LogP contribution in [-0.4, -0.2) is 33.7 Å². The highest BCUT2D eigenvalue weighted by atomic mass is 32.2. The second-order valence-corrected chi connectivity index (χ2v) is 6.16. The Labute approximate surface area is 138 Å². The molecule has 0 aliphatic carbocycles. The number of nitrogens with zero attached hydrogens (tertiary/aromatic N) is 1. The minimum atomic E-state index is -3.78. The highest BCUT2D eigenvalue weighted by Crippen LogP contribution is 2.25.